The summed E-state index contributed by atoms with van der Waals surface area (Å²) in [5, 5.41) is 0. The minimum absolute atomic E-state index is 0.0305. The summed E-state index contributed by atoms with van der Waals surface area (Å²) in [4.78, 5) is 25.1. The van der Waals surface area contributed by atoms with E-state index in [1.54, 1.807) is 19.0 Å². The number of carbonyl (C=O) groups excluding carboxylic acids is 2. The average Bonchev–Trinajstić information content (AvgIpc) is 2.33. The number of carbonyl (C=O) groups is 2. The monoisotopic (exact) mass is 353 g/mol. The van der Waals surface area contributed by atoms with Crippen LogP contribution in [-0.2, 0) is 27.8 Å². The molecule has 0 aromatic carbocycles. The van der Waals surface area contributed by atoms with Crippen LogP contribution < -0.4 is 0 Å². The van der Waals surface area contributed by atoms with Gasteiger partial charge >= 0.3 is 11.9 Å². The molecule has 9 heteroatoms. The predicted octanol–water partition coefficient (Wildman–Crippen LogP) is 1.99. The lowest BCUT2D eigenvalue weighted by atomic mass is 10.1. The Kier molecular flexibility index (Phi) is 8.54. The van der Waals surface area contributed by atoms with Gasteiger partial charge in [-0.15, -0.1) is 0 Å². The van der Waals surface area contributed by atoms with Crippen LogP contribution in [0.25, 0.3) is 0 Å². The third-order valence-electron chi connectivity index (χ3n) is 2.61. The summed E-state index contributed by atoms with van der Waals surface area (Å²) in [5.41, 5.74) is 0. The molecule has 0 spiro atoms. The first-order valence-electron chi connectivity index (χ1n) is 7.00. The van der Waals surface area contributed by atoms with Crippen molar-refractivity contribution in [2.45, 2.75) is 26.1 Å². The molecule has 0 radical (unpaired) electrons. The summed E-state index contributed by atoms with van der Waals surface area (Å²) < 4.78 is 28.3. The number of esters is 2. The van der Waals surface area contributed by atoms with E-state index >= 15 is 0 Å². The third kappa shape index (κ3) is 8.68. The van der Waals surface area contributed by atoms with Gasteiger partial charge in [-0.25, -0.2) is 0 Å². The molecule has 0 saturated heterocycles. The molecule has 0 saturated carbocycles. The molecule has 0 aliphatic heterocycles. The average molecular weight is 353 g/mol. The molecule has 0 aliphatic carbocycles. The summed E-state index contributed by atoms with van der Waals surface area (Å²) >= 11 is 0. The zero-order valence-corrected chi connectivity index (χ0v) is 16.4. The quantitative estimate of drug-likeness (QED) is 0.356. The van der Waals surface area contributed by atoms with Crippen molar-refractivity contribution in [2.75, 3.05) is 40.8 Å². The van der Waals surface area contributed by atoms with E-state index in [0.717, 1.165) is 0 Å². The standard InChI is InChI=1S/C13H28NO6PSi/c1-14(2)10-21(17,20-22(5,6)7)9-11(13(16)19-4)8-12(15)18-3/h11H,8-10H2,1-7H3. The summed E-state index contributed by atoms with van der Waals surface area (Å²) in [6, 6.07) is 0. The normalized spacial score (nSPS) is 16.0. The summed E-state index contributed by atoms with van der Waals surface area (Å²) in [7, 11) is 0.869. The van der Waals surface area contributed by atoms with Gasteiger partial charge in [-0.3, -0.25) is 14.2 Å². The Morgan fingerprint density at radius 3 is 2.05 bits per heavy atom. The maximum atomic E-state index is 13.2. The van der Waals surface area contributed by atoms with E-state index in [1.165, 1.54) is 14.2 Å². The molecule has 0 aromatic heterocycles. The smallest absolute Gasteiger partial charge is 0.309 e. The maximum absolute atomic E-state index is 13.2. The zero-order valence-electron chi connectivity index (χ0n) is 14.5. The van der Waals surface area contributed by atoms with Gasteiger partial charge in [-0.2, -0.15) is 0 Å². The minimum Gasteiger partial charge on any atom is -0.469 e. The first-order valence-corrected chi connectivity index (χ1v) is 12.4. The van der Waals surface area contributed by atoms with Crippen molar-refractivity contribution < 1.29 is 27.8 Å². The van der Waals surface area contributed by atoms with Crippen molar-refractivity contribution in [3.05, 3.63) is 0 Å². The Balaban J connectivity index is 5.30. The van der Waals surface area contributed by atoms with Crippen LogP contribution in [0.2, 0.25) is 19.6 Å². The second kappa shape index (κ2) is 8.81. The minimum atomic E-state index is -3.11. The van der Waals surface area contributed by atoms with Crippen LogP contribution in [0.3, 0.4) is 0 Å². The van der Waals surface area contributed by atoms with Crippen LogP contribution in [-0.4, -0.2) is 65.9 Å². The van der Waals surface area contributed by atoms with E-state index in [2.05, 4.69) is 4.74 Å². The first kappa shape index (κ1) is 21.3. The Hall–Kier alpha value is -0.693. The second-order valence-corrected chi connectivity index (χ2v) is 13.7. The lowest BCUT2D eigenvalue weighted by Gasteiger charge is -2.30. The molecule has 0 N–H and O–H groups in total. The van der Waals surface area contributed by atoms with E-state index < -0.39 is 33.5 Å². The van der Waals surface area contributed by atoms with Crippen LogP contribution in [0.1, 0.15) is 6.42 Å². The maximum Gasteiger partial charge on any atom is 0.309 e. The SMILES string of the molecule is COC(=O)CC(CP(=O)(CN(C)C)O[Si](C)(C)C)C(=O)OC. The molecule has 130 valence electrons. The number of methoxy groups -OCH3 is 2. The highest BCUT2D eigenvalue weighted by Crippen LogP contribution is 2.51. The topological polar surface area (TPSA) is 82.1 Å². The van der Waals surface area contributed by atoms with Gasteiger partial charge in [0.25, 0.3) is 0 Å². The van der Waals surface area contributed by atoms with E-state index in [4.69, 9.17) is 8.95 Å². The van der Waals surface area contributed by atoms with Crippen LogP contribution in [0.5, 0.6) is 0 Å². The predicted molar refractivity (Wildman–Crippen MR) is 87.6 cm³/mol. The largest absolute Gasteiger partial charge is 0.469 e. The van der Waals surface area contributed by atoms with Gasteiger partial charge in [0, 0.05) is 6.16 Å². The van der Waals surface area contributed by atoms with E-state index in [0.29, 0.717) is 0 Å². The lowest BCUT2D eigenvalue weighted by molar-refractivity contribution is -0.151. The van der Waals surface area contributed by atoms with E-state index in [1.807, 2.05) is 19.6 Å². The van der Waals surface area contributed by atoms with Gasteiger partial charge in [0.2, 0.25) is 7.37 Å². The highest BCUT2D eigenvalue weighted by Gasteiger charge is 2.37. The van der Waals surface area contributed by atoms with Crippen LogP contribution >= 0.6 is 7.37 Å². The fourth-order valence-corrected chi connectivity index (χ4v) is 8.51. The molecule has 22 heavy (non-hydrogen) atoms. The van der Waals surface area contributed by atoms with Crippen molar-refractivity contribution in [2.24, 2.45) is 5.92 Å². The van der Waals surface area contributed by atoms with Gasteiger partial charge in [0.05, 0.1) is 32.8 Å². The fourth-order valence-electron chi connectivity index (χ4n) is 2.06. The highest BCUT2D eigenvalue weighted by atomic mass is 31.2. The number of ether oxygens (including phenoxy) is 2. The van der Waals surface area contributed by atoms with E-state index in [9.17, 15) is 14.2 Å². The van der Waals surface area contributed by atoms with Gasteiger partial charge < -0.3 is 18.6 Å². The van der Waals surface area contributed by atoms with Crippen molar-refractivity contribution in [1.29, 1.82) is 0 Å². The number of hydrogen-bond acceptors (Lipinski definition) is 7. The molecule has 0 aromatic rings. The van der Waals surface area contributed by atoms with Gasteiger partial charge in [0.15, 0.2) is 8.32 Å². The van der Waals surface area contributed by atoms with Crippen LogP contribution in [0.4, 0.5) is 0 Å². The molecule has 0 aliphatic rings. The zero-order chi connectivity index (χ0) is 17.6. The van der Waals surface area contributed by atoms with Crippen molar-refractivity contribution in [3.8, 4) is 0 Å². The summed E-state index contributed by atoms with van der Waals surface area (Å²) in [6.07, 6.45) is 0.0127. The van der Waals surface area contributed by atoms with Crippen molar-refractivity contribution in [1.82, 2.24) is 4.90 Å². The molecule has 7 nitrogen and oxygen atoms in total. The molecule has 0 amide bonds. The number of nitrogens with zero attached hydrogens (tertiary/aromatic N) is 1. The Morgan fingerprint density at radius 1 is 1.14 bits per heavy atom. The molecule has 0 fully saturated rings. The Morgan fingerprint density at radius 2 is 1.68 bits per heavy atom. The van der Waals surface area contributed by atoms with Gasteiger partial charge in [-0.05, 0) is 33.7 Å². The molecule has 2 unspecified atom stereocenters. The Labute approximate surface area is 133 Å². The fraction of sp³-hybridized carbons (Fsp3) is 0.846. The summed E-state index contributed by atoms with van der Waals surface area (Å²) in [6.45, 7) is 5.80. The van der Waals surface area contributed by atoms with Crippen LogP contribution in [0.15, 0.2) is 0 Å². The van der Waals surface area contributed by atoms with Crippen molar-refractivity contribution in [3.63, 3.8) is 0 Å². The van der Waals surface area contributed by atoms with Gasteiger partial charge in [0.1, 0.15) is 0 Å². The molecule has 0 heterocycles. The van der Waals surface area contributed by atoms with Crippen LogP contribution in [0, 0.1) is 5.92 Å². The summed E-state index contributed by atoms with van der Waals surface area (Å²) in [5.74, 6) is -1.96. The van der Waals surface area contributed by atoms with Gasteiger partial charge in [-0.1, -0.05) is 0 Å². The molecule has 0 rings (SSSR count). The molecule has 2 atom stereocenters. The van der Waals surface area contributed by atoms with Crippen molar-refractivity contribution >= 4 is 27.6 Å². The first-order chi connectivity index (χ1) is 9.92. The molecular weight excluding hydrogens is 325 g/mol. The Bertz CT molecular complexity index is 435. The third-order valence-corrected chi connectivity index (χ3v) is 8.13. The number of rotatable bonds is 9. The number of hydrogen-bond donors (Lipinski definition) is 0. The lowest BCUT2D eigenvalue weighted by Crippen LogP contribution is -2.31. The van der Waals surface area contributed by atoms with E-state index in [-0.39, 0.29) is 18.9 Å². The molecule has 0 bridgehead atoms. The highest BCUT2D eigenvalue weighted by molar-refractivity contribution is 7.60. The second-order valence-electron chi connectivity index (χ2n) is 6.42. The molecular formula is C13H28NO6PSi.